The smallest absolute Gasteiger partial charge is 0.232 e. The molecule has 0 N–H and O–H groups in total. The molecule has 0 saturated carbocycles. The van der Waals surface area contributed by atoms with Gasteiger partial charge in [-0.05, 0) is 23.6 Å². The van der Waals surface area contributed by atoms with Gasteiger partial charge in [-0.1, -0.05) is 12.1 Å². The second-order valence-electron chi connectivity index (χ2n) is 5.26. The Balaban J connectivity index is 1.67. The third kappa shape index (κ3) is 2.17. The first-order chi connectivity index (χ1) is 10.3. The van der Waals surface area contributed by atoms with E-state index in [1.807, 2.05) is 40.6 Å². The van der Waals surface area contributed by atoms with Gasteiger partial charge in [0.25, 0.3) is 0 Å². The molecule has 0 saturated heterocycles. The summed E-state index contributed by atoms with van der Waals surface area (Å²) in [7, 11) is 0. The van der Waals surface area contributed by atoms with Gasteiger partial charge < -0.3 is 14.5 Å². The van der Waals surface area contributed by atoms with Gasteiger partial charge in [0.2, 0.25) is 5.91 Å². The molecule has 4 nitrogen and oxygen atoms in total. The largest absolute Gasteiger partial charge is 0.489 e. The molecule has 2 aromatic rings. The van der Waals surface area contributed by atoms with Crippen LogP contribution >= 0.6 is 11.3 Å². The number of hydrogen-bond donors (Lipinski definition) is 0. The summed E-state index contributed by atoms with van der Waals surface area (Å²) in [6.45, 7) is 3.25. The third-order valence-corrected chi connectivity index (χ3v) is 4.88. The first-order valence-corrected chi connectivity index (χ1v) is 8.04. The number of anilines is 2. The van der Waals surface area contributed by atoms with Crippen LogP contribution in [0.1, 0.15) is 4.88 Å². The van der Waals surface area contributed by atoms with Gasteiger partial charge in [0.15, 0.2) is 0 Å². The van der Waals surface area contributed by atoms with E-state index < -0.39 is 0 Å². The van der Waals surface area contributed by atoms with Gasteiger partial charge in [-0.2, -0.15) is 0 Å². The Hall–Kier alpha value is -2.01. The lowest BCUT2D eigenvalue weighted by molar-refractivity contribution is -0.117. The van der Waals surface area contributed by atoms with Crippen molar-refractivity contribution in [2.24, 2.45) is 0 Å². The number of thiophene rings is 1. The first-order valence-electron chi connectivity index (χ1n) is 7.16. The first kappa shape index (κ1) is 12.7. The van der Waals surface area contributed by atoms with Crippen LogP contribution in [0.5, 0.6) is 5.75 Å². The fourth-order valence-electron chi connectivity index (χ4n) is 3.02. The predicted octanol–water partition coefficient (Wildman–Crippen LogP) is 2.54. The Labute approximate surface area is 127 Å². The number of benzene rings is 1. The van der Waals surface area contributed by atoms with Crippen molar-refractivity contribution in [1.29, 1.82) is 0 Å². The predicted molar refractivity (Wildman–Crippen MR) is 84.5 cm³/mol. The Morgan fingerprint density at radius 3 is 3.00 bits per heavy atom. The topological polar surface area (TPSA) is 32.8 Å². The normalized spacial score (nSPS) is 16.4. The minimum atomic E-state index is 0.163. The molecular formula is C16H16N2O2S. The highest BCUT2D eigenvalue weighted by molar-refractivity contribution is 7.10. The molecule has 0 spiro atoms. The average molecular weight is 300 g/mol. The number of amides is 1. The summed E-state index contributed by atoms with van der Waals surface area (Å²) in [5.74, 6) is 1.06. The lowest BCUT2D eigenvalue weighted by atomic mass is 10.1. The van der Waals surface area contributed by atoms with Crippen LogP contribution in [0.15, 0.2) is 35.7 Å². The molecule has 5 heteroatoms. The van der Waals surface area contributed by atoms with Crippen molar-refractivity contribution >= 4 is 28.6 Å². The van der Waals surface area contributed by atoms with E-state index in [2.05, 4.69) is 4.90 Å². The van der Waals surface area contributed by atoms with Crippen molar-refractivity contribution in [3.05, 3.63) is 40.6 Å². The monoisotopic (exact) mass is 300 g/mol. The number of nitrogens with zero attached hydrogens (tertiary/aromatic N) is 2. The number of carbonyl (C=O) groups excluding carboxylic acids is 1. The molecule has 2 aliphatic rings. The van der Waals surface area contributed by atoms with Crippen LogP contribution in [0, 0.1) is 0 Å². The van der Waals surface area contributed by atoms with Crippen molar-refractivity contribution in [1.82, 2.24) is 0 Å². The van der Waals surface area contributed by atoms with E-state index in [0.717, 1.165) is 48.2 Å². The summed E-state index contributed by atoms with van der Waals surface area (Å²) in [6.07, 6.45) is 0.474. The molecule has 1 aromatic heterocycles. The van der Waals surface area contributed by atoms with Crippen molar-refractivity contribution in [2.45, 2.75) is 6.42 Å². The SMILES string of the molecule is O=C(Cc1cccs1)N1CCN2CCOc3cccc1c32. The Kier molecular flexibility index (Phi) is 3.07. The summed E-state index contributed by atoms with van der Waals surface area (Å²) >= 11 is 1.63. The van der Waals surface area contributed by atoms with Crippen molar-refractivity contribution in [2.75, 3.05) is 36.0 Å². The maximum absolute atomic E-state index is 12.6. The molecule has 108 valence electrons. The molecule has 0 aliphatic carbocycles. The van der Waals surface area contributed by atoms with Crippen molar-refractivity contribution in [3.63, 3.8) is 0 Å². The number of carbonyl (C=O) groups is 1. The fraction of sp³-hybridized carbons (Fsp3) is 0.312. The van der Waals surface area contributed by atoms with Crippen LogP contribution < -0.4 is 14.5 Å². The van der Waals surface area contributed by atoms with E-state index in [9.17, 15) is 4.79 Å². The van der Waals surface area contributed by atoms with Crippen LogP contribution in [0.3, 0.4) is 0 Å². The standard InChI is InChI=1S/C16H16N2O2S/c19-15(11-12-3-2-10-21-12)18-7-6-17-8-9-20-14-5-1-4-13(18)16(14)17/h1-5,10H,6-9,11H2. The molecule has 1 aromatic carbocycles. The fourth-order valence-corrected chi connectivity index (χ4v) is 3.72. The highest BCUT2D eigenvalue weighted by Gasteiger charge is 2.31. The Bertz CT molecular complexity index is 669. The molecule has 0 atom stereocenters. The van der Waals surface area contributed by atoms with E-state index in [1.165, 1.54) is 0 Å². The van der Waals surface area contributed by atoms with Crippen LogP contribution in [-0.4, -0.2) is 32.1 Å². The lowest BCUT2D eigenvalue weighted by Gasteiger charge is -2.41. The van der Waals surface area contributed by atoms with Gasteiger partial charge in [0.1, 0.15) is 18.0 Å². The summed E-state index contributed by atoms with van der Waals surface area (Å²) in [5.41, 5.74) is 2.06. The zero-order chi connectivity index (χ0) is 14.2. The second-order valence-corrected chi connectivity index (χ2v) is 6.29. The van der Waals surface area contributed by atoms with Crippen molar-refractivity contribution < 1.29 is 9.53 Å². The Morgan fingerprint density at radius 2 is 2.14 bits per heavy atom. The van der Waals surface area contributed by atoms with E-state index in [4.69, 9.17) is 4.74 Å². The third-order valence-electron chi connectivity index (χ3n) is 4.00. The van der Waals surface area contributed by atoms with Crippen LogP contribution in [-0.2, 0) is 11.2 Å². The maximum Gasteiger partial charge on any atom is 0.232 e. The number of para-hydroxylation sites is 1. The van der Waals surface area contributed by atoms with Crippen molar-refractivity contribution in [3.8, 4) is 5.75 Å². The summed E-state index contributed by atoms with van der Waals surface area (Å²) in [6, 6.07) is 9.98. The zero-order valence-electron chi connectivity index (χ0n) is 11.6. The number of ether oxygens (including phenoxy) is 1. The van der Waals surface area contributed by atoms with Crippen LogP contribution in [0.4, 0.5) is 11.4 Å². The molecule has 3 heterocycles. The molecule has 0 fully saturated rings. The number of rotatable bonds is 2. The van der Waals surface area contributed by atoms with E-state index in [0.29, 0.717) is 6.42 Å². The maximum atomic E-state index is 12.6. The van der Waals surface area contributed by atoms with Crippen LogP contribution in [0.25, 0.3) is 0 Å². The summed E-state index contributed by atoms with van der Waals surface area (Å²) in [5, 5.41) is 2.01. The van der Waals surface area contributed by atoms with E-state index >= 15 is 0 Å². The quantitative estimate of drug-likeness (QED) is 0.854. The zero-order valence-corrected chi connectivity index (χ0v) is 12.4. The Morgan fingerprint density at radius 1 is 1.19 bits per heavy atom. The average Bonchev–Trinajstić information content (AvgIpc) is 3.01. The van der Waals surface area contributed by atoms with E-state index in [1.54, 1.807) is 11.3 Å². The summed E-state index contributed by atoms with van der Waals surface area (Å²) in [4.78, 5) is 18.0. The molecule has 1 amide bonds. The van der Waals surface area contributed by atoms with Gasteiger partial charge in [0, 0.05) is 18.0 Å². The minimum absolute atomic E-state index is 0.163. The van der Waals surface area contributed by atoms with Gasteiger partial charge >= 0.3 is 0 Å². The second kappa shape index (κ2) is 5.07. The molecule has 21 heavy (non-hydrogen) atoms. The highest BCUT2D eigenvalue weighted by Crippen LogP contribution is 2.42. The van der Waals surface area contributed by atoms with E-state index in [-0.39, 0.29) is 5.91 Å². The molecule has 0 bridgehead atoms. The minimum Gasteiger partial charge on any atom is -0.489 e. The van der Waals surface area contributed by atoms with Crippen LogP contribution in [0.2, 0.25) is 0 Å². The molecule has 0 radical (unpaired) electrons. The number of hydrogen-bond acceptors (Lipinski definition) is 4. The molecular weight excluding hydrogens is 284 g/mol. The van der Waals surface area contributed by atoms with Gasteiger partial charge in [-0.25, -0.2) is 0 Å². The lowest BCUT2D eigenvalue weighted by Crippen LogP contribution is -2.47. The van der Waals surface area contributed by atoms with Gasteiger partial charge in [-0.3, -0.25) is 4.79 Å². The summed E-state index contributed by atoms with van der Waals surface area (Å²) < 4.78 is 5.73. The molecule has 4 rings (SSSR count). The van der Waals surface area contributed by atoms with Gasteiger partial charge in [0.05, 0.1) is 18.7 Å². The molecule has 2 aliphatic heterocycles. The highest BCUT2D eigenvalue weighted by atomic mass is 32.1. The molecule has 0 unspecified atom stereocenters. The van der Waals surface area contributed by atoms with Gasteiger partial charge in [-0.15, -0.1) is 11.3 Å².